The standard InChI is InChI=1S/C17H15F3N2O2/c18-12-4-1-5-13(19)10(12)9-22-16(24)17(20)7-6-14(23)15-11(17)3-2-8-21-15/h1-5,8,14,23H,6-7,9H2,(H,22,24)/t14-,17-/m0/s1. The van der Waals surface area contributed by atoms with Crippen LogP contribution >= 0.6 is 0 Å². The molecule has 1 heterocycles. The first-order valence-electron chi connectivity index (χ1n) is 7.47. The Labute approximate surface area is 136 Å². The Hall–Kier alpha value is -2.41. The Bertz CT molecular complexity index is 764. The first kappa shape index (κ1) is 16.4. The Morgan fingerprint density at radius 2 is 2.00 bits per heavy atom. The van der Waals surface area contributed by atoms with E-state index in [1.54, 1.807) is 0 Å². The van der Waals surface area contributed by atoms with Gasteiger partial charge in [0.2, 0.25) is 5.67 Å². The van der Waals surface area contributed by atoms with Crippen molar-refractivity contribution in [2.75, 3.05) is 0 Å². The van der Waals surface area contributed by atoms with Crippen molar-refractivity contribution in [1.82, 2.24) is 10.3 Å². The van der Waals surface area contributed by atoms with Crippen LogP contribution in [0.5, 0.6) is 0 Å². The summed E-state index contributed by atoms with van der Waals surface area (Å²) >= 11 is 0. The molecule has 1 amide bonds. The number of hydrogen-bond acceptors (Lipinski definition) is 3. The van der Waals surface area contributed by atoms with Gasteiger partial charge in [0.25, 0.3) is 5.91 Å². The minimum absolute atomic E-state index is 0.0183. The largest absolute Gasteiger partial charge is 0.387 e. The molecule has 2 aromatic rings. The van der Waals surface area contributed by atoms with E-state index in [4.69, 9.17) is 0 Å². The first-order valence-corrected chi connectivity index (χ1v) is 7.47. The fourth-order valence-corrected chi connectivity index (χ4v) is 2.87. The van der Waals surface area contributed by atoms with Gasteiger partial charge in [-0.15, -0.1) is 0 Å². The van der Waals surface area contributed by atoms with E-state index in [9.17, 15) is 18.7 Å². The first-order chi connectivity index (χ1) is 11.4. The highest BCUT2D eigenvalue weighted by atomic mass is 19.1. The van der Waals surface area contributed by atoms with Gasteiger partial charge in [0, 0.05) is 23.9 Å². The summed E-state index contributed by atoms with van der Waals surface area (Å²) in [6, 6.07) is 6.18. The molecule has 4 nitrogen and oxygen atoms in total. The fraction of sp³-hybridized carbons (Fsp3) is 0.294. The lowest BCUT2D eigenvalue weighted by atomic mass is 9.81. The third-order valence-electron chi connectivity index (χ3n) is 4.19. The lowest BCUT2D eigenvalue weighted by Gasteiger charge is -2.32. The summed E-state index contributed by atoms with van der Waals surface area (Å²) in [5.74, 6) is -2.64. The van der Waals surface area contributed by atoms with Gasteiger partial charge in [0.05, 0.1) is 11.8 Å². The van der Waals surface area contributed by atoms with Gasteiger partial charge in [-0.05, 0) is 31.0 Å². The number of halogens is 3. The molecule has 1 aliphatic carbocycles. The number of carbonyl (C=O) groups excluding carboxylic acids is 1. The van der Waals surface area contributed by atoms with Crippen LogP contribution in [-0.2, 0) is 17.0 Å². The van der Waals surface area contributed by atoms with Crippen LogP contribution in [0.1, 0.15) is 35.8 Å². The summed E-state index contributed by atoms with van der Waals surface area (Å²) in [6.45, 7) is -0.471. The molecular weight excluding hydrogens is 321 g/mol. The summed E-state index contributed by atoms with van der Waals surface area (Å²) in [5.41, 5.74) is -2.64. The summed E-state index contributed by atoms with van der Waals surface area (Å²) in [4.78, 5) is 16.3. The molecule has 1 aromatic carbocycles. The van der Waals surface area contributed by atoms with Gasteiger partial charge in [-0.3, -0.25) is 9.78 Å². The maximum absolute atomic E-state index is 15.3. The molecule has 0 aliphatic heterocycles. The van der Waals surface area contributed by atoms with Gasteiger partial charge < -0.3 is 10.4 Å². The van der Waals surface area contributed by atoms with Gasteiger partial charge in [-0.1, -0.05) is 12.1 Å². The highest BCUT2D eigenvalue weighted by Crippen LogP contribution is 2.42. The number of amides is 1. The second-order valence-electron chi connectivity index (χ2n) is 5.67. The maximum Gasteiger partial charge on any atom is 0.262 e. The Morgan fingerprint density at radius 3 is 2.71 bits per heavy atom. The highest BCUT2D eigenvalue weighted by molar-refractivity contribution is 5.87. The van der Waals surface area contributed by atoms with Crippen molar-refractivity contribution in [2.45, 2.75) is 31.2 Å². The average Bonchev–Trinajstić information content (AvgIpc) is 2.58. The molecule has 3 rings (SSSR count). The van der Waals surface area contributed by atoms with Crippen molar-refractivity contribution < 1.29 is 23.1 Å². The van der Waals surface area contributed by atoms with Gasteiger partial charge in [-0.2, -0.15) is 0 Å². The maximum atomic E-state index is 15.3. The molecule has 2 atom stereocenters. The lowest BCUT2D eigenvalue weighted by molar-refractivity contribution is -0.135. The lowest BCUT2D eigenvalue weighted by Crippen LogP contribution is -2.44. The number of aliphatic hydroxyl groups excluding tert-OH is 1. The van der Waals surface area contributed by atoms with Crippen LogP contribution in [0.3, 0.4) is 0 Å². The van der Waals surface area contributed by atoms with Crippen molar-refractivity contribution in [3.8, 4) is 0 Å². The molecular formula is C17H15F3N2O2. The van der Waals surface area contributed by atoms with Gasteiger partial charge >= 0.3 is 0 Å². The normalized spacial score (nSPS) is 22.8. The molecule has 0 bridgehead atoms. The molecule has 126 valence electrons. The van der Waals surface area contributed by atoms with Crippen LogP contribution in [0, 0.1) is 11.6 Å². The van der Waals surface area contributed by atoms with Crippen LogP contribution in [-0.4, -0.2) is 16.0 Å². The van der Waals surface area contributed by atoms with E-state index in [1.807, 2.05) is 0 Å². The second kappa shape index (κ2) is 6.24. The van der Waals surface area contributed by atoms with Crippen LogP contribution in [0.25, 0.3) is 0 Å². The average molecular weight is 336 g/mol. The number of nitrogens with zero attached hydrogens (tertiary/aromatic N) is 1. The SMILES string of the molecule is O=C(NCc1c(F)cccc1F)[C@]1(F)CC[C@H](O)c2ncccc21. The predicted molar refractivity (Wildman–Crippen MR) is 79.4 cm³/mol. The second-order valence-corrected chi connectivity index (χ2v) is 5.67. The zero-order chi connectivity index (χ0) is 17.3. The summed E-state index contributed by atoms with van der Waals surface area (Å²) < 4.78 is 42.5. The number of alkyl halides is 1. The molecule has 0 saturated carbocycles. The van der Waals surface area contributed by atoms with Crippen molar-refractivity contribution in [3.63, 3.8) is 0 Å². The molecule has 7 heteroatoms. The number of nitrogens with one attached hydrogen (secondary N) is 1. The predicted octanol–water partition coefficient (Wildman–Crippen LogP) is 2.67. The number of rotatable bonds is 3. The molecule has 1 aliphatic rings. The number of fused-ring (bicyclic) bond motifs is 1. The minimum atomic E-state index is -2.40. The Kier molecular flexibility index (Phi) is 4.28. The molecule has 1 aromatic heterocycles. The van der Waals surface area contributed by atoms with Crippen LogP contribution in [0.4, 0.5) is 13.2 Å². The van der Waals surface area contributed by atoms with Crippen LogP contribution < -0.4 is 5.32 Å². The van der Waals surface area contributed by atoms with Gasteiger partial charge in [0.15, 0.2) is 0 Å². The number of pyridine rings is 1. The summed E-state index contributed by atoms with van der Waals surface area (Å²) in [5, 5.41) is 12.1. The van der Waals surface area contributed by atoms with Crippen molar-refractivity contribution in [1.29, 1.82) is 0 Å². The third-order valence-corrected chi connectivity index (χ3v) is 4.19. The van der Waals surface area contributed by atoms with Gasteiger partial charge in [0.1, 0.15) is 11.6 Å². The molecule has 0 radical (unpaired) electrons. The number of aromatic nitrogens is 1. The number of hydrogen-bond donors (Lipinski definition) is 2. The molecule has 0 unspecified atom stereocenters. The van der Waals surface area contributed by atoms with E-state index in [-0.39, 0.29) is 29.7 Å². The van der Waals surface area contributed by atoms with Crippen molar-refractivity contribution >= 4 is 5.91 Å². The van der Waals surface area contributed by atoms with E-state index in [2.05, 4.69) is 10.3 Å². The van der Waals surface area contributed by atoms with Gasteiger partial charge in [-0.25, -0.2) is 13.2 Å². The Balaban J connectivity index is 1.84. The van der Waals surface area contributed by atoms with E-state index in [0.717, 1.165) is 12.1 Å². The zero-order valence-corrected chi connectivity index (χ0v) is 12.6. The third kappa shape index (κ3) is 2.75. The molecule has 0 spiro atoms. The van der Waals surface area contributed by atoms with E-state index in [0.29, 0.717) is 0 Å². The minimum Gasteiger partial charge on any atom is -0.387 e. The number of aliphatic hydroxyl groups is 1. The topological polar surface area (TPSA) is 62.2 Å². The van der Waals surface area contributed by atoms with Crippen LogP contribution in [0.2, 0.25) is 0 Å². The fourth-order valence-electron chi connectivity index (χ4n) is 2.87. The van der Waals surface area contributed by atoms with Crippen molar-refractivity contribution in [3.05, 3.63) is 65.0 Å². The summed E-state index contributed by atoms with van der Waals surface area (Å²) in [6.07, 6.45) is 0.253. The van der Waals surface area contributed by atoms with E-state index in [1.165, 1.54) is 24.4 Å². The smallest absolute Gasteiger partial charge is 0.262 e. The van der Waals surface area contributed by atoms with E-state index < -0.39 is 35.9 Å². The molecule has 0 saturated heterocycles. The zero-order valence-electron chi connectivity index (χ0n) is 12.6. The summed E-state index contributed by atoms with van der Waals surface area (Å²) in [7, 11) is 0. The van der Waals surface area contributed by atoms with E-state index >= 15 is 4.39 Å². The van der Waals surface area contributed by atoms with Crippen LogP contribution in [0.15, 0.2) is 36.5 Å². The highest BCUT2D eigenvalue weighted by Gasteiger charge is 2.46. The monoisotopic (exact) mass is 336 g/mol. The molecule has 0 fully saturated rings. The molecule has 24 heavy (non-hydrogen) atoms. The number of carbonyl (C=O) groups is 1. The Morgan fingerprint density at radius 1 is 1.29 bits per heavy atom. The number of benzene rings is 1. The molecule has 2 N–H and O–H groups in total. The van der Waals surface area contributed by atoms with Crippen molar-refractivity contribution in [2.24, 2.45) is 0 Å². The quantitative estimate of drug-likeness (QED) is 0.906.